The molecule has 182 valence electrons. The molecular weight excluding hydrogens is 493 g/mol. The molecule has 0 atom stereocenters. The van der Waals surface area contributed by atoms with E-state index in [-0.39, 0.29) is 11.5 Å². The number of aromatic nitrogens is 3. The molecule has 1 saturated heterocycles. The minimum Gasteiger partial charge on any atom is -0.444 e. The summed E-state index contributed by atoms with van der Waals surface area (Å²) in [5.41, 5.74) is 0.324. The molecule has 3 aromatic rings. The average molecular weight is 523 g/mol. The molecule has 1 amide bonds. The number of rotatable bonds is 5. The van der Waals surface area contributed by atoms with Crippen LogP contribution < -0.4 is 10.2 Å². The van der Waals surface area contributed by atoms with Gasteiger partial charge in [-0.1, -0.05) is 48.0 Å². The number of nitrogens with zero attached hydrogens (tertiary/aromatic N) is 4. The third-order valence-electron chi connectivity index (χ3n) is 5.82. The predicted molar refractivity (Wildman–Crippen MR) is 137 cm³/mol. The second-order valence-electron chi connectivity index (χ2n) is 9.85. The largest absolute Gasteiger partial charge is 0.444 e. The van der Waals surface area contributed by atoms with Crippen molar-refractivity contribution < 1.29 is 9.53 Å². The number of alkyl carbamates (subject to hydrolysis) is 1. The van der Waals surface area contributed by atoms with E-state index in [4.69, 9.17) is 32.9 Å². The Hall–Kier alpha value is -2.16. The molecule has 4 rings (SSSR count). The van der Waals surface area contributed by atoms with Crippen LogP contribution in [0.4, 0.5) is 10.7 Å². The normalized spacial score (nSPS) is 16.0. The lowest BCUT2D eigenvalue weighted by molar-refractivity contribution is 0.0495. The van der Waals surface area contributed by atoms with Gasteiger partial charge in [0.25, 0.3) is 0 Å². The van der Waals surface area contributed by atoms with Crippen LogP contribution in [0.5, 0.6) is 0 Å². The number of piperidine rings is 1. The summed E-state index contributed by atoms with van der Waals surface area (Å²) in [6.45, 7) is 10.0. The summed E-state index contributed by atoms with van der Waals surface area (Å²) >= 11 is 14.1. The van der Waals surface area contributed by atoms with Crippen LogP contribution in [-0.4, -0.2) is 45.7 Å². The van der Waals surface area contributed by atoms with Gasteiger partial charge in [-0.05, 0) is 51.2 Å². The third-order valence-corrected chi connectivity index (χ3v) is 7.82. The summed E-state index contributed by atoms with van der Waals surface area (Å²) in [6.07, 6.45) is 7.04. The molecule has 0 bridgehead atoms. The molecule has 2 aromatic heterocycles. The number of halogens is 2. The van der Waals surface area contributed by atoms with Crippen molar-refractivity contribution in [2.45, 2.75) is 55.9 Å². The monoisotopic (exact) mass is 521 g/mol. The molecule has 10 heteroatoms. The number of fused-ring (bicyclic) bond motifs is 1. The van der Waals surface area contributed by atoms with Crippen LogP contribution in [0, 0.1) is 5.41 Å². The lowest BCUT2D eigenvalue weighted by atomic mass is 9.80. The zero-order valence-corrected chi connectivity index (χ0v) is 22.1. The fraction of sp³-hybridized carbons (Fsp3) is 0.458. The van der Waals surface area contributed by atoms with E-state index < -0.39 is 5.60 Å². The molecule has 1 aliphatic heterocycles. The highest BCUT2D eigenvalue weighted by Gasteiger charge is 2.32. The first-order valence-electron chi connectivity index (χ1n) is 11.2. The van der Waals surface area contributed by atoms with Crippen molar-refractivity contribution in [3.8, 4) is 0 Å². The summed E-state index contributed by atoms with van der Waals surface area (Å²) in [5.74, 6) is 0.858. The van der Waals surface area contributed by atoms with Gasteiger partial charge < -0.3 is 15.0 Å². The van der Waals surface area contributed by atoms with E-state index in [2.05, 4.69) is 22.1 Å². The van der Waals surface area contributed by atoms with Crippen LogP contribution in [-0.2, 0) is 4.74 Å². The molecule has 34 heavy (non-hydrogen) atoms. The van der Waals surface area contributed by atoms with Crippen molar-refractivity contribution >= 4 is 52.7 Å². The number of benzene rings is 1. The first-order valence-corrected chi connectivity index (χ1v) is 12.8. The van der Waals surface area contributed by atoms with Crippen molar-refractivity contribution in [2.24, 2.45) is 5.41 Å². The predicted octanol–water partition coefficient (Wildman–Crippen LogP) is 6.32. The lowest BCUT2D eigenvalue weighted by Crippen LogP contribution is -2.46. The molecule has 1 N–H and O–H groups in total. The number of amides is 1. The topological polar surface area (TPSA) is 71.8 Å². The number of hydrogen-bond acceptors (Lipinski definition) is 6. The van der Waals surface area contributed by atoms with Gasteiger partial charge in [0.15, 0.2) is 5.65 Å². The first kappa shape index (κ1) is 24.9. The molecule has 3 heterocycles. The molecule has 0 saturated carbocycles. The van der Waals surface area contributed by atoms with Gasteiger partial charge in [0.2, 0.25) is 5.95 Å². The highest BCUT2D eigenvalue weighted by atomic mass is 35.5. The van der Waals surface area contributed by atoms with Crippen LogP contribution >= 0.6 is 35.0 Å². The van der Waals surface area contributed by atoms with E-state index in [0.29, 0.717) is 16.6 Å². The summed E-state index contributed by atoms with van der Waals surface area (Å²) in [7, 11) is 0. The van der Waals surface area contributed by atoms with E-state index >= 15 is 0 Å². The Morgan fingerprint density at radius 2 is 1.94 bits per heavy atom. The first-order chi connectivity index (χ1) is 16.0. The maximum atomic E-state index is 12.1. The molecule has 0 unspecified atom stereocenters. The Morgan fingerprint density at radius 3 is 2.65 bits per heavy atom. The minimum absolute atomic E-state index is 0.000572. The van der Waals surface area contributed by atoms with Gasteiger partial charge >= 0.3 is 6.09 Å². The SMILES string of the molecule is CC1(CNC(=O)OC(C)(C)C)CCN(c2ncc(Sc3cccc(Cl)c3Cl)c3nccn23)CC1. The highest BCUT2D eigenvalue weighted by molar-refractivity contribution is 7.99. The number of anilines is 1. The molecule has 0 radical (unpaired) electrons. The van der Waals surface area contributed by atoms with Crippen molar-refractivity contribution in [2.75, 3.05) is 24.5 Å². The van der Waals surface area contributed by atoms with Gasteiger partial charge in [0, 0.05) is 43.1 Å². The van der Waals surface area contributed by atoms with Gasteiger partial charge in [0.05, 0.1) is 14.9 Å². The summed E-state index contributed by atoms with van der Waals surface area (Å²) in [6, 6.07) is 5.58. The number of carbonyl (C=O) groups is 1. The average Bonchev–Trinajstić information content (AvgIpc) is 3.26. The number of nitrogens with one attached hydrogen (secondary N) is 1. The van der Waals surface area contributed by atoms with Crippen molar-refractivity contribution in [3.05, 3.63) is 46.8 Å². The summed E-state index contributed by atoms with van der Waals surface area (Å²) in [4.78, 5) is 25.4. The van der Waals surface area contributed by atoms with Gasteiger partial charge in [-0.2, -0.15) is 0 Å². The molecule has 7 nitrogen and oxygen atoms in total. The Balaban J connectivity index is 1.44. The van der Waals surface area contributed by atoms with E-state index in [0.717, 1.165) is 47.3 Å². The van der Waals surface area contributed by atoms with E-state index in [1.54, 1.807) is 12.3 Å². The van der Waals surface area contributed by atoms with Gasteiger partial charge in [-0.3, -0.25) is 4.40 Å². The fourth-order valence-electron chi connectivity index (χ4n) is 3.89. The fourth-order valence-corrected chi connectivity index (χ4v) is 5.30. The second kappa shape index (κ2) is 9.84. The third kappa shape index (κ3) is 5.73. The van der Waals surface area contributed by atoms with Crippen LogP contribution in [0.15, 0.2) is 46.6 Å². The molecular formula is C24H29Cl2N5O2S. The molecule has 1 aromatic carbocycles. The highest BCUT2D eigenvalue weighted by Crippen LogP contribution is 2.39. The maximum Gasteiger partial charge on any atom is 0.407 e. The van der Waals surface area contributed by atoms with E-state index in [1.165, 1.54) is 11.8 Å². The number of hydrogen-bond donors (Lipinski definition) is 1. The maximum absolute atomic E-state index is 12.1. The lowest BCUT2D eigenvalue weighted by Gasteiger charge is -2.40. The van der Waals surface area contributed by atoms with Crippen molar-refractivity contribution in [3.63, 3.8) is 0 Å². The molecule has 1 aliphatic rings. The van der Waals surface area contributed by atoms with Crippen LogP contribution in [0.2, 0.25) is 10.0 Å². The van der Waals surface area contributed by atoms with Crippen molar-refractivity contribution in [1.82, 2.24) is 19.7 Å². The number of carbonyl (C=O) groups excluding carboxylic acids is 1. The van der Waals surface area contributed by atoms with Gasteiger partial charge in [0.1, 0.15) is 5.60 Å². The molecule has 0 aliphatic carbocycles. The number of imidazole rings is 1. The standard InChI is InChI=1S/C24H29Cl2N5O2S/c1-23(2,3)33-22(32)29-15-24(4)8-11-30(12-9-24)21-28-14-18(20-27-10-13-31(20)21)34-17-7-5-6-16(25)19(17)26/h5-7,10,13-14H,8-9,11-12,15H2,1-4H3,(H,29,32). The quantitative estimate of drug-likeness (QED) is 0.423. The Morgan fingerprint density at radius 1 is 1.21 bits per heavy atom. The molecule has 1 fully saturated rings. The van der Waals surface area contributed by atoms with E-state index in [9.17, 15) is 4.79 Å². The zero-order chi connectivity index (χ0) is 24.5. The van der Waals surface area contributed by atoms with Gasteiger partial charge in [-0.15, -0.1) is 0 Å². The van der Waals surface area contributed by atoms with Crippen LogP contribution in [0.1, 0.15) is 40.5 Å². The van der Waals surface area contributed by atoms with Crippen LogP contribution in [0.25, 0.3) is 5.65 Å². The molecule has 0 spiro atoms. The Labute approximate surface area is 214 Å². The number of ether oxygens (including phenoxy) is 1. The van der Waals surface area contributed by atoms with Crippen LogP contribution in [0.3, 0.4) is 0 Å². The Kier molecular flexibility index (Phi) is 7.22. The Bertz CT molecular complexity index is 1190. The zero-order valence-electron chi connectivity index (χ0n) is 19.8. The summed E-state index contributed by atoms with van der Waals surface area (Å²) < 4.78 is 7.39. The van der Waals surface area contributed by atoms with Crippen molar-refractivity contribution in [1.29, 1.82) is 0 Å². The van der Waals surface area contributed by atoms with Gasteiger partial charge in [-0.25, -0.2) is 14.8 Å². The smallest absolute Gasteiger partial charge is 0.407 e. The second-order valence-corrected chi connectivity index (χ2v) is 11.7. The minimum atomic E-state index is -0.501. The summed E-state index contributed by atoms with van der Waals surface area (Å²) in [5, 5.41) is 3.98. The van der Waals surface area contributed by atoms with E-state index in [1.807, 2.05) is 49.7 Å².